The summed E-state index contributed by atoms with van der Waals surface area (Å²) >= 11 is 0. The molecule has 0 amide bonds. The van der Waals surface area contributed by atoms with E-state index in [-0.39, 0.29) is 32.0 Å². The van der Waals surface area contributed by atoms with Crippen molar-refractivity contribution in [2.24, 2.45) is 0 Å². The molecule has 0 heterocycles. The molecule has 0 bridgehead atoms. The first-order valence-corrected chi connectivity index (χ1v) is 36.8. The lowest BCUT2D eigenvalue weighted by molar-refractivity contribution is -0.870. The molecule has 0 radical (unpaired) electrons. The highest BCUT2D eigenvalue weighted by molar-refractivity contribution is 7.45. The van der Waals surface area contributed by atoms with Gasteiger partial charge in [0, 0.05) is 12.8 Å². The van der Waals surface area contributed by atoms with Gasteiger partial charge in [-0.1, -0.05) is 324 Å². The minimum atomic E-state index is -4.65. The number of rotatable bonds is 65. The number of quaternary nitrogens is 1. The van der Waals surface area contributed by atoms with Crippen LogP contribution in [0.2, 0.25) is 0 Å². The van der Waals surface area contributed by atoms with Crippen LogP contribution in [0.5, 0.6) is 0 Å². The van der Waals surface area contributed by atoms with E-state index < -0.39 is 26.5 Å². The number of carbonyl (C=O) groups excluding carboxylic acids is 2. The van der Waals surface area contributed by atoms with E-state index in [0.717, 1.165) is 89.9 Å². The first-order valence-electron chi connectivity index (χ1n) is 35.3. The van der Waals surface area contributed by atoms with Gasteiger partial charge < -0.3 is 27.9 Å². The Bertz CT molecular complexity index is 1690. The molecule has 488 valence electrons. The first kappa shape index (κ1) is 81.2. The van der Waals surface area contributed by atoms with Crippen molar-refractivity contribution in [1.82, 2.24) is 0 Å². The van der Waals surface area contributed by atoms with Gasteiger partial charge in [-0.25, -0.2) is 0 Å². The topological polar surface area (TPSA) is 111 Å². The minimum absolute atomic E-state index is 0.0326. The standard InChI is InChI=1S/C74H134NO8P/c1-6-8-10-12-14-16-18-20-22-24-26-28-30-32-34-35-36-37-38-39-41-43-45-47-49-51-53-55-57-59-61-63-65-67-74(77)83-72(71-82-84(78,79)81-69-68-75(3,4)5)70-80-73(76)66-64-62-60-58-56-54-52-50-48-46-44-42-40-33-31-29-27-25-23-21-19-17-15-13-11-9-7-2/h8,10,14,16,20,22,26,28,32,34,36-37,39,41,72H,6-7,9,11-13,15,17-19,21,23-25,27,29-31,33,35,38,40,42-71H2,1-5H3/b10-8-,16-14-,22-20-,28-26-,34-32-,37-36-,41-39-. The third-order valence-corrected chi connectivity index (χ3v) is 16.4. The van der Waals surface area contributed by atoms with E-state index in [0.29, 0.717) is 17.4 Å². The van der Waals surface area contributed by atoms with Crippen LogP contribution in [0.15, 0.2) is 85.1 Å². The van der Waals surface area contributed by atoms with Crippen LogP contribution in [-0.2, 0) is 32.7 Å². The molecule has 84 heavy (non-hydrogen) atoms. The van der Waals surface area contributed by atoms with Crippen molar-refractivity contribution in [1.29, 1.82) is 0 Å². The largest absolute Gasteiger partial charge is 0.756 e. The number of phosphoric acid groups is 1. The Labute approximate surface area is 520 Å². The van der Waals surface area contributed by atoms with Crippen LogP contribution in [-0.4, -0.2) is 70.0 Å². The molecule has 0 aromatic heterocycles. The van der Waals surface area contributed by atoms with Crippen molar-refractivity contribution in [3.05, 3.63) is 85.1 Å². The van der Waals surface area contributed by atoms with E-state index in [1.807, 2.05) is 21.1 Å². The van der Waals surface area contributed by atoms with Crippen LogP contribution >= 0.6 is 7.82 Å². The van der Waals surface area contributed by atoms with Crippen molar-refractivity contribution in [2.75, 3.05) is 47.5 Å². The van der Waals surface area contributed by atoms with E-state index >= 15 is 0 Å². The first-order chi connectivity index (χ1) is 41.0. The molecule has 0 saturated heterocycles. The number of nitrogens with zero attached hydrogens (tertiary/aromatic N) is 1. The Kier molecular flexibility index (Phi) is 62.5. The predicted octanol–water partition coefficient (Wildman–Crippen LogP) is 22.3. The molecular weight excluding hydrogens is 1060 g/mol. The van der Waals surface area contributed by atoms with E-state index in [9.17, 15) is 19.0 Å². The molecule has 0 saturated carbocycles. The fourth-order valence-electron chi connectivity index (χ4n) is 10.1. The van der Waals surface area contributed by atoms with Gasteiger partial charge >= 0.3 is 11.9 Å². The van der Waals surface area contributed by atoms with Gasteiger partial charge in [-0.3, -0.25) is 14.2 Å². The third kappa shape index (κ3) is 68.3. The average Bonchev–Trinajstić information content (AvgIpc) is 3.61. The Hall–Kier alpha value is -2.81. The number of carbonyl (C=O) groups is 2. The van der Waals surface area contributed by atoms with E-state index in [1.165, 1.54) is 199 Å². The second kappa shape index (κ2) is 64.7. The number of hydrogen-bond acceptors (Lipinski definition) is 8. The van der Waals surface area contributed by atoms with Crippen LogP contribution in [0.3, 0.4) is 0 Å². The SMILES string of the molecule is CC/C=C\C/C=C\C/C=C\C/C=C\C/C=C\C/C=C\C/C=C\CCCCCCCCCCCCCC(=O)OC(COC(=O)CCCCCCCCCCCCCCCCCCCCCCCCCCCCC)COP(=O)([O-])OCC[N+](C)(C)C. The maximum Gasteiger partial charge on any atom is 0.306 e. The Morgan fingerprint density at radius 2 is 0.679 bits per heavy atom. The van der Waals surface area contributed by atoms with Gasteiger partial charge in [0.25, 0.3) is 7.82 Å². The number of allylic oxidation sites excluding steroid dienone is 14. The highest BCUT2D eigenvalue weighted by Crippen LogP contribution is 2.38. The van der Waals surface area contributed by atoms with Crippen LogP contribution < -0.4 is 4.89 Å². The molecule has 2 unspecified atom stereocenters. The molecule has 0 aliphatic carbocycles. The summed E-state index contributed by atoms with van der Waals surface area (Å²) in [6.45, 7) is 4.17. The highest BCUT2D eigenvalue weighted by Gasteiger charge is 2.22. The minimum Gasteiger partial charge on any atom is -0.756 e. The molecule has 0 rings (SSSR count). The van der Waals surface area contributed by atoms with Gasteiger partial charge in [0.15, 0.2) is 6.10 Å². The van der Waals surface area contributed by atoms with Crippen LogP contribution in [0.4, 0.5) is 0 Å². The molecule has 0 spiro atoms. The highest BCUT2D eigenvalue weighted by atomic mass is 31.2. The Morgan fingerprint density at radius 3 is 1.01 bits per heavy atom. The van der Waals surface area contributed by atoms with Gasteiger partial charge in [0.2, 0.25) is 0 Å². The second-order valence-electron chi connectivity index (χ2n) is 24.9. The third-order valence-electron chi connectivity index (χ3n) is 15.4. The van der Waals surface area contributed by atoms with E-state index in [4.69, 9.17) is 18.5 Å². The van der Waals surface area contributed by atoms with Crippen LogP contribution in [0, 0.1) is 0 Å². The lowest BCUT2D eigenvalue weighted by Crippen LogP contribution is -2.37. The predicted molar refractivity (Wildman–Crippen MR) is 360 cm³/mol. The average molecular weight is 1200 g/mol. The summed E-state index contributed by atoms with van der Waals surface area (Å²) < 4.78 is 34.3. The molecular formula is C74H134NO8P. The number of esters is 2. The lowest BCUT2D eigenvalue weighted by Gasteiger charge is -2.28. The van der Waals surface area contributed by atoms with Crippen molar-refractivity contribution in [3.63, 3.8) is 0 Å². The molecule has 0 N–H and O–H groups in total. The van der Waals surface area contributed by atoms with Gasteiger partial charge in [-0.15, -0.1) is 0 Å². The van der Waals surface area contributed by atoms with E-state index in [1.54, 1.807) is 0 Å². The van der Waals surface area contributed by atoms with Gasteiger partial charge in [0.05, 0.1) is 27.7 Å². The van der Waals surface area contributed by atoms with Gasteiger partial charge in [0.1, 0.15) is 19.8 Å². The Morgan fingerprint density at radius 1 is 0.381 bits per heavy atom. The summed E-state index contributed by atoms with van der Waals surface area (Å²) in [5.74, 6) is -0.825. The molecule has 2 atom stereocenters. The maximum absolute atomic E-state index is 12.9. The van der Waals surface area contributed by atoms with Crippen molar-refractivity contribution in [2.45, 2.75) is 328 Å². The molecule has 0 fully saturated rings. The zero-order valence-corrected chi connectivity index (χ0v) is 56.5. The normalized spacial score (nSPS) is 13.6. The lowest BCUT2D eigenvalue weighted by atomic mass is 10.0. The van der Waals surface area contributed by atoms with Gasteiger partial charge in [-0.05, 0) is 70.6 Å². The van der Waals surface area contributed by atoms with E-state index in [2.05, 4.69) is 98.9 Å². The quantitative estimate of drug-likeness (QED) is 0.0195. The molecule has 0 aliphatic rings. The number of unbranched alkanes of at least 4 members (excludes halogenated alkanes) is 37. The maximum atomic E-state index is 12.9. The number of likely N-dealkylation sites (N-methyl/N-ethyl adjacent to an activating group) is 1. The number of hydrogen-bond donors (Lipinski definition) is 0. The van der Waals surface area contributed by atoms with Crippen molar-refractivity contribution in [3.8, 4) is 0 Å². The summed E-state index contributed by atoms with van der Waals surface area (Å²) in [6, 6.07) is 0. The fraction of sp³-hybridized carbons (Fsp3) is 0.784. The van der Waals surface area contributed by atoms with Crippen LogP contribution in [0.1, 0.15) is 322 Å². The summed E-state index contributed by atoms with van der Waals surface area (Å²) in [7, 11) is 1.17. The summed E-state index contributed by atoms with van der Waals surface area (Å²) in [5, 5.41) is 0. The summed E-state index contributed by atoms with van der Waals surface area (Å²) in [5.41, 5.74) is 0. The molecule has 10 heteroatoms. The fourth-order valence-corrected chi connectivity index (χ4v) is 10.8. The van der Waals surface area contributed by atoms with Gasteiger partial charge in [-0.2, -0.15) is 0 Å². The summed E-state index contributed by atoms with van der Waals surface area (Å²) in [4.78, 5) is 38.1. The molecule has 0 aliphatic heterocycles. The number of ether oxygens (including phenoxy) is 2. The zero-order chi connectivity index (χ0) is 61.2. The van der Waals surface area contributed by atoms with Crippen molar-refractivity contribution < 1.29 is 42.1 Å². The Balaban J connectivity index is 4.05. The molecule has 0 aromatic carbocycles. The second-order valence-corrected chi connectivity index (χ2v) is 26.3. The van der Waals surface area contributed by atoms with Crippen LogP contribution in [0.25, 0.3) is 0 Å². The summed E-state index contributed by atoms with van der Waals surface area (Å²) in [6.07, 6.45) is 88.1. The van der Waals surface area contributed by atoms with Crippen molar-refractivity contribution >= 4 is 19.8 Å². The monoisotopic (exact) mass is 1200 g/mol. The smallest absolute Gasteiger partial charge is 0.306 e. The molecule has 9 nitrogen and oxygen atoms in total. The number of phosphoric ester groups is 1. The molecule has 0 aromatic rings. The zero-order valence-electron chi connectivity index (χ0n) is 55.6.